The number of carbonyl (C=O) groups excluding carboxylic acids is 1. The summed E-state index contributed by atoms with van der Waals surface area (Å²) in [6, 6.07) is 20.4. The van der Waals surface area contributed by atoms with Gasteiger partial charge in [0.15, 0.2) is 5.78 Å². The van der Waals surface area contributed by atoms with Crippen LogP contribution in [0.4, 0.5) is 8.78 Å². The number of rotatable bonds is 8. The van der Waals surface area contributed by atoms with Crippen LogP contribution < -0.4 is 10.3 Å². The molecule has 1 aromatic heterocycles. The largest absolute Gasteiger partial charge is 0.497 e. The van der Waals surface area contributed by atoms with Crippen molar-refractivity contribution >= 4 is 5.78 Å². The van der Waals surface area contributed by atoms with Crippen molar-refractivity contribution in [3.63, 3.8) is 0 Å². The molecule has 0 atom stereocenters. The molecule has 0 radical (unpaired) electrons. The zero-order valence-electron chi connectivity index (χ0n) is 18.5. The summed E-state index contributed by atoms with van der Waals surface area (Å²) < 4.78 is 33.0. The van der Waals surface area contributed by atoms with E-state index < -0.39 is 0 Å². The van der Waals surface area contributed by atoms with Crippen LogP contribution in [0, 0.1) is 11.6 Å². The van der Waals surface area contributed by atoms with E-state index in [1.807, 2.05) is 24.3 Å². The van der Waals surface area contributed by atoms with Gasteiger partial charge in [0, 0.05) is 24.0 Å². The summed E-state index contributed by atoms with van der Waals surface area (Å²) >= 11 is 0. The van der Waals surface area contributed by atoms with Gasteiger partial charge in [0.25, 0.3) is 5.56 Å². The van der Waals surface area contributed by atoms with E-state index in [1.54, 1.807) is 25.3 Å². The van der Waals surface area contributed by atoms with Gasteiger partial charge in [0.2, 0.25) is 0 Å². The Bertz CT molecular complexity index is 1360. The zero-order chi connectivity index (χ0) is 24.1. The molecule has 3 aromatic carbocycles. The highest BCUT2D eigenvalue weighted by molar-refractivity contribution is 5.80. The number of ether oxygens (including phenoxy) is 1. The van der Waals surface area contributed by atoms with Crippen molar-refractivity contribution in [2.45, 2.75) is 19.4 Å². The standard InChI is InChI=1S/C27H22F2N2O3/c1-34-25-4-2-3-19(15-25)13-21-16-26(20-7-11-23(29)12-8-20)30-31(27(21)33)17-24(32)14-18-5-9-22(28)10-6-18/h2-12,15-16H,13-14,17H2,1H3. The van der Waals surface area contributed by atoms with E-state index in [2.05, 4.69) is 5.10 Å². The van der Waals surface area contributed by atoms with Crippen molar-refractivity contribution in [1.29, 1.82) is 0 Å². The maximum absolute atomic E-state index is 13.4. The summed E-state index contributed by atoms with van der Waals surface area (Å²) in [5.74, 6) is -0.351. The summed E-state index contributed by atoms with van der Waals surface area (Å²) in [7, 11) is 1.57. The fraction of sp³-hybridized carbons (Fsp3) is 0.148. The van der Waals surface area contributed by atoms with E-state index in [9.17, 15) is 18.4 Å². The highest BCUT2D eigenvalue weighted by Gasteiger charge is 2.14. The Labute approximate surface area is 195 Å². The van der Waals surface area contributed by atoms with E-state index in [0.29, 0.717) is 34.6 Å². The lowest BCUT2D eigenvalue weighted by atomic mass is 10.0. The number of ketones is 1. The molecule has 34 heavy (non-hydrogen) atoms. The number of aromatic nitrogens is 2. The molecule has 0 saturated heterocycles. The minimum atomic E-state index is -0.388. The SMILES string of the molecule is COc1cccc(Cc2cc(-c3ccc(F)cc3)nn(CC(=O)Cc3ccc(F)cc3)c2=O)c1. The molecule has 5 nitrogen and oxygen atoms in total. The third kappa shape index (κ3) is 5.61. The zero-order valence-corrected chi connectivity index (χ0v) is 18.5. The van der Waals surface area contributed by atoms with Crippen molar-refractivity contribution in [3.05, 3.63) is 118 Å². The predicted molar refractivity (Wildman–Crippen MR) is 125 cm³/mol. The molecule has 4 aromatic rings. The normalized spacial score (nSPS) is 10.8. The summed E-state index contributed by atoms with van der Waals surface area (Å²) in [5, 5.41) is 4.38. The van der Waals surface area contributed by atoms with E-state index >= 15 is 0 Å². The van der Waals surface area contributed by atoms with Crippen molar-refractivity contribution in [1.82, 2.24) is 9.78 Å². The molecule has 0 amide bonds. The van der Waals surface area contributed by atoms with Crippen molar-refractivity contribution in [2.75, 3.05) is 7.11 Å². The van der Waals surface area contributed by atoms with Gasteiger partial charge >= 0.3 is 0 Å². The molecule has 0 aliphatic rings. The van der Waals surface area contributed by atoms with Crippen LogP contribution >= 0.6 is 0 Å². The Morgan fingerprint density at radius 1 is 0.912 bits per heavy atom. The fourth-order valence-corrected chi connectivity index (χ4v) is 3.65. The van der Waals surface area contributed by atoms with Crippen LogP contribution in [0.5, 0.6) is 5.75 Å². The second-order valence-electron chi connectivity index (χ2n) is 7.89. The molecule has 0 bridgehead atoms. The number of Topliss-reactive ketones (excluding diaryl/α,β-unsaturated/α-hetero) is 1. The quantitative estimate of drug-likeness (QED) is 0.386. The molecule has 0 spiro atoms. The molecule has 0 fully saturated rings. The molecule has 1 heterocycles. The number of benzene rings is 3. The summed E-state index contributed by atoms with van der Waals surface area (Å²) in [4.78, 5) is 25.9. The number of carbonyl (C=O) groups is 1. The monoisotopic (exact) mass is 460 g/mol. The second-order valence-corrected chi connectivity index (χ2v) is 7.89. The summed E-state index contributed by atoms with van der Waals surface area (Å²) in [6.07, 6.45) is 0.347. The first kappa shape index (κ1) is 23.0. The molecule has 0 N–H and O–H groups in total. The van der Waals surface area contributed by atoms with E-state index in [1.165, 1.54) is 36.4 Å². The molecule has 0 aliphatic carbocycles. The molecule has 4 rings (SSSR count). The van der Waals surface area contributed by atoms with Gasteiger partial charge in [0.1, 0.15) is 23.9 Å². The third-order valence-electron chi connectivity index (χ3n) is 5.36. The predicted octanol–water partition coefficient (Wildman–Crippen LogP) is 4.60. The minimum absolute atomic E-state index is 0.0421. The van der Waals surface area contributed by atoms with Gasteiger partial charge in [-0.15, -0.1) is 0 Å². The first-order valence-corrected chi connectivity index (χ1v) is 10.7. The molecule has 7 heteroatoms. The third-order valence-corrected chi connectivity index (χ3v) is 5.36. The Balaban J connectivity index is 1.68. The number of methoxy groups -OCH3 is 1. The van der Waals surface area contributed by atoms with Gasteiger partial charge in [0.05, 0.1) is 12.8 Å². The van der Waals surface area contributed by atoms with Gasteiger partial charge in [-0.05, 0) is 65.7 Å². The first-order valence-electron chi connectivity index (χ1n) is 10.7. The average molecular weight is 460 g/mol. The maximum atomic E-state index is 13.4. The number of halogens is 2. The highest BCUT2D eigenvalue weighted by Crippen LogP contribution is 2.20. The minimum Gasteiger partial charge on any atom is -0.497 e. The Hall–Kier alpha value is -4.13. The van der Waals surface area contributed by atoms with Crippen LogP contribution in [0.25, 0.3) is 11.3 Å². The lowest BCUT2D eigenvalue weighted by molar-refractivity contribution is -0.119. The fourth-order valence-electron chi connectivity index (χ4n) is 3.65. The number of nitrogens with zero attached hydrogens (tertiary/aromatic N) is 2. The van der Waals surface area contributed by atoms with Gasteiger partial charge in [-0.3, -0.25) is 9.59 Å². The molecule has 0 aliphatic heterocycles. The van der Waals surface area contributed by atoms with E-state index in [-0.39, 0.29) is 35.9 Å². The van der Waals surface area contributed by atoms with Crippen molar-refractivity contribution in [3.8, 4) is 17.0 Å². The van der Waals surface area contributed by atoms with Crippen molar-refractivity contribution in [2.24, 2.45) is 0 Å². The van der Waals surface area contributed by atoms with E-state index in [4.69, 9.17) is 4.74 Å². The van der Waals surface area contributed by atoms with Crippen LogP contribution in [-0.2, 0) is 24.2 Å². The van der Waals surface area contributed by atoms with Gasteiger partial charge in [-0.1, -0.05) is 24.3 Å². The molecular weight excluding hydrogens is 438 g/mol. The maximum Gasteiger partial charge on any atom is 0.270 e. The van der Waals surface area contributed by atoms with Crippen molar-refractivity contribution < 1.29 is 18.3 Å². The van der Waals surface area contributed by atoms with Crippen LogP contribution in [0.1, 0.15) is 16.7 Å². The van der Waals surface area contributed by atoms with Crippen LogP contribution in [0.3, 0.4) is 0 Å². The molecule has 172 valence electrons. The molecular formula is C27H22F2N2O3. The first-order chi connectivity index (χ1) is 16.4. The summed E-state index contributed by atoms with van der Waals surface area (Å²) in [6.45, 7) is -0.240. The lowest BCUT2D eigenvalue weighted by Gasteiger charge is -2.11. The number of hydrogen-bond donors (Lipinski definition) is 0. The van der Waals surface area contributed by atoms with Gasteiger partial charge in [-0.2, -0.15) is 5.10 Å². The second kappa shape index (κ2) is 10.2. The smallest absolute Gasteiger partial charge is 0.270 e. The Kier molecular flexibility index (Phi) is 6.92. The Morgan fingerprint density at radius 3 is 2.26 bits per heavy atom. The highest BCUT2D eigenvalue weighted by atomic mass is 19.1. The topological polar surface area (TPSA) is 61.2 Å². The van der Waals surface area contributed by atoms with Crippen LogP contribution in [0.15, 0.2) is 83.7 Å². The van der Waals surface area contributed by atoms with Gasteiger partial charge in [-0.25, -0.2) is 13.5 Å². The molecule has 0 saturated carbocycles. The van der Waals surface area contributed by atoms with Gasteiger partial charge < -0.3 is 4.74 Å². The summed E-state index contributed by atoms with van der Waals surface area (Å²) in [5.41, 5.74) is 2.63. The molecule has 0 unspecified atom stereocenters. The lowest BCUT2D eigenvalue weighted by Crippen LogP contribution is -2.30. The average Bonchev–Trinajstić information content (AvgIpc) is 2.83. The van der Waals surface area contributed by atoms with Crippen LogP contribution in [0.2, 0.25) is 0 Å². The number of hydrogen-bond acceptors (Lipinski definition) is 4. The Morgan fingerprint density at radius 2 is 1.59 bits per heavy atom. The van der Waals surface area contributed by atoms with Crippen LogP contribution in [-0.4, -0.2) is 22.7 Å². The van der Waals surface area contributed by atoms with E-state index in [0.717, 1.165) is 10.2 Å².